The van der Waals surface area contributed by atoms with Crippen LogP contribution in [0.3, 0.4) is 0 Å². The summed E-state index contributed by atoms with van der Waals surface area (Å²) in [6, 6.07) is 13.2. The summed E-state index contributed by atoms with van der Waals surface area (Å²) in [6.07, 6.45) is 5.46. The van der Waals surface area contributed by atoms with Gasteiger partial charge in [-0.25, -0.2) is 19.0 Å². The highest BCUT2D eigenvalue weighted by Gasteiger charge is 2.28. The molecule has 1 aromatic carbocycles. The van der Waals surface area contributed by atoms with Gasteiger partial charge in [-0.2, -0.15) is 15.2 Å². The molecule has 1 amide bonds. The van der Waals surface area contributed by atoms with Gasteiger partial charge in [0.25, 0.3) is 0 Å². The SMILES string of the molecule is Cc1cc(Nc2nc(N3CCC(C(=O)N[C@@H](C)c4ccc(-n5cc(F)cn5)nc4)CC3)nc3ccccc23)n[nH]1. The molecule has 5 aromatic rings. The zero-order valence-corrected chi connectivity index (χ0v) is 22.2. The quantitative estimate of drug-likeness (QED) is 0.280. The number of para-hydroxylation sites is 1. The van der Waals surface area contributed by atoms with Gasteiger partial charge in [0.15, 0.2) is 17.5 Å². The Kier molecular flexibility index (Phi) is 6.81. The van der Waals surface area contributed by atoms with Crippen LogP contribution in [0.15, 0.2) is 61.1 Å². The van der Waals surface area contributed by atoms with E-state index in [0.29, 0.717) is 49.3 Å². The maximum atomic E-state index is 13.2. The fourth-order valence-corrected chi connectivity index (χ4v) is 4.88. The van der Waals surface area contributed by atoms with Gasteiger partial charge in [0.2, 0.25) is 11.9 Å². The molecule has 0 bridgehead atoms. The lowest BCUT2D eigenvalue weighted by Crippen LogP contribution is -2.41. The van der Waals surface area contributed by atoms with Crippen LogP contribution in [0.5, 0.6) is 0 Å². The van der Waals surface area contributed by atoms with E-state index in [9.17, 15) is 9.18 Å². The molecule has 3 N–H and O–H groups in total. The minimum atomic E-state index is -0.425. The molecule has 11 nitrogen and oxygen atoms in total. The summed E-state index contributed by atoms with van der Waals surface area (Å²) in [4.78, 5) is 29.2. The standard InChI is InChI=1S/C28H29FN10O/c1-17-13-24(37-36-17)34-26-22-5-3-4-6-23(22)33-28(35-26)38-11-9-19(10-12-38)27(40)32-18(2)20-7-8-25(30-14-20)39-16-21(29)15-31-39/h3-8,13-16,18-19H,9-12H2,1-2H3,(H,32,40)(H2,33,34,35,36,37)/t18-/m0/s1. The fourth-order valence-electron chi connectivity index (χ4n) is 4.88. The van der Waals surface area contributed by atoms with Crippen LogP contribution in [0.2, 0.25) is 0 Å². The number of fused-ring (bicyclic) bond motifs is 1. The van der Waals surface area contributed by atoms with Gasteiger partial charge in [-0.05, 0) is 50.5 Å². The summed E-state index contributed by atoms with van der Waals surface area (Å²) in [5.74, 6) is 2.00. The van der Waals surface area contributed by atoms with Gasteiger partial charge in [-0.15, -0.1) is 0 Å². The Morgan fingerprint density at radius 2 is 1.95 bits per heavy atom. The molecule has 0 aliphatic carbocycles. The highest BCUT2D eigenvalue weighted by molar-refractivity contribution is 5.91. The second-order valence-electron chi connectivity index (χ2n) is 10.00. The van der Waals surface area contributed by atoms with Gasteiger partial charge >= 0.3 is 0 Å². The zero-order chi connectivity index (χ0) is 27.6. The molecule has 12 heteroatoms. The molecule has 0 radical (unpaired) electrons. The molecule has 1 aliphatic rings. The lowest BCUT2D eigenvalue weighted by atomic mass is 9.95. The Balaban J connectivity index is 1.09. The number of H-pyrrole nitrogens is 1. The number of halogens is 1. The Hall–Kier alpha value is -4.87. The number of pyridine rings is 1. The fraction of sp³-hybridized carbons (Fsp3) is 0.286. The van der Waals surface area contributed by atoms with E-state index < -0.39 is 5.82 Å². The van der Waals surface area contributed by atoms with Crippen molar-refractivity contribution in [2.45, 2.75) is 32.7 Å². The van der Waals surface area contributed by atoms with Crippen LogP contribution in [-0.4, -0.2) is 53.9 Å². The number of benzene rings is 1. The van der Waals surface area contributed by atoms with Crippen molar-refractivity contribution in [3.05, 3.63) is 78.1 Å². The first-order valence-corrected chi connectivity index (χ1v) is 13.2. The third kappa shape index (κ3) is 5.33. The smallest absolute Gasteiger partial charge is 0.227 e. The number of hydrogen-bond acceptors (Lipinski definition) is 8. The molecule has 0 spiro atoms. The van der Waals surface area contributed by atoms with Crippen molar-refractivity contribution in [3.8, 4) is 5.82 Å². The highest BCUT2D eigenvalue weighted by atomic mass is 19.1. The van der Waals surface area contributed by atoms with Gasteiger partial charge in [-0.1, -0.05) is 18.2 Å². The molecule has 6 rings (SSSR count). The number of carbonyl (C=O) groups is 1. The molecule has 0 saturated carbocycles. The molecule has 1 aliphatic heterocycles. The normalized spacial score (nSPS) is 14.8. The Morgan fingerprint density at radius 1 is 1.12 bits per heavy atom. The molecular formula is C28H29FN10O. The number of carbonyl (C=O) groups excluding carboxylic acids is 1. The van der Waals surface area contributed by atoms with Crippen LogP contribution in [-0.2, 0) is 4.79 Å². The Labute approximate surface area is 229 Å². The van der Waals surface area contributed by atoms with Gasteiger partial charge < -0.3 is 15.5 Å². The summed E-state index contributed by atoms with van der Waals surface area (Å²) < 4.78 is 14.6. The molecular weight excluding hydrogens is 511 g/mol. The molecule has 0 unspecified atom stereocenters. The summed E-state index contributed by atoms with van der Waals surface area (Å²) in [5, 5.41) is 18.5. The number of hydrogen-bond donors (Lipinski definition) is 3. The van der Waals surface area contributed by atoms with E-state index in [1.807, 2.05) is 50.2 Å². The summed E-state index contributed by atoms with van der Waals surface area (Å²) in [7, 11) is 0. The predicted molar refractivity (Wildman–Crippen MR) is 149 cm³/mol. The van der Waals surface area contributed by atoms with E-state index in [0.717, 1.165) is 28.4 Å². The van der Waals surface area contributed by atoms with E-state index in [1.54, 1.807) is 12.3 Å². The molecule has 4 aromatic heterocycles. The number of nitrogens with zero attached hydrogens (tertiary/aromatic N) is 7. The lowest BCUT2D eigenvalue weighted by molar-refractivity contribution is -0.126. The van der Waals surface area contributed by atoms with E-state index in [1.165, 1.54) is 10.9 Å². The number of piperidine rings is 1. The van der Waals surface area contributed by atoms with Crippen molar-refractivity contribution in [1.29, 1.82) is 0 Å². The Morgan fingerprint density at radius 3 is 2.65 bits per heavy atom. The van der Waals surface area contributed by atoms with Gasteiger partial charge in [0.05, 0.1) is 24.0 Å². The topological polar surface area (TPSA) is 130 Å². The van der Waals surface area contributed by atoms with Crippen LogP contribution in [0.1, 0.15) is 37.1 Å². The average molecular weight is 541 g/mol. The van der Waals surface area contributed by atoms with Crippen molar-refractivity contribution in [2.75, 3.05) is 23.3 Å². The highest BCUT2D eigenvalue weighted by Crippen LogP contribution is 2.28. The molecule has 1 fully saturated rings. The molecule has 40 heavy (non-hydrogen) atoms. The van der Waals surface area contributed by atoms with Crippen LogP contribution in [0.25, 0.3) is 16.7 Å². The van der Waals surface area contributed by atoms with Crippen LogP contribution in [0, 0.1) is 18.7 Å². The minimum Gasteiger partial charge on any atom is -0.349 e. The largest absolute Gasteiger partial charge is 0.349 e. The first kappa shape index (κ1) is 25.4. The monoisotopic (exact) mass is 540 g/mol. The molecule has 5 heterocycles. The average Bonchev–Trinajstić information content (AvgIpc) is 3.60. The summed E-state index contributed by atoms with van der Waals surface area (Å²) in [5.41, 5.74) is 2.65. The molecule has 1 saturated heterocycles. The van der Waals surface area contributed by atoms with E-state index >= 15 is 0 Å². The number of nitrogens with one attached hydrogen (secondary N) is 3. The van der Waals surface area contributed by atoms with Crippen molar-refractivity contribution in [3.63, 3.8) is 0 Å². The van der Waals surface area contributed by atoms with Crippen LogP contribution >= 0.6 is 0 Å². The van der Waals surface area contributed by atoms with Crippen molar-refractivity contribution in [1.82, 2.24) is 40.2 Å². The van der Waals surface area contributed by atoms with Crippen molar-refractivity contribution in [2.24, 2.45) is 5.92 Å². The van der Waals surface area contributed by atoms with Crippen LogP contribution < -0.4 is 15.5 Å². The second kappa shape index (κ2) is 10.7. The third-order valence-electron chi connectivity index (χ3n) is 7.11. The zero-order valence-electron chi connectivity index (χ0n) is 22.2. The van der Waals surface area contributed by atoms with E-state index in [4.69, 9.17) is 9.97 Å². The van der Waals surface area contributed by atoms with Crippen molar-refractivity contribution >= 4 is 34.4 Å². The maximum Gasteiger partial charge on any atom is 0.227 e. The summed E-state index contributed by atoms with van der Waals surface area (Å²) in [6.45, 7) is 5.21. The number of aromatic amines is 1. The van der Waals surface area contributed by atoms with Gasteiger partial charge in [0.1, 0.15) is 5.82 Å². The Bertz CT molecular complexity index is 1640. The number of rotatable bonds is 7. The second-order valence-corrected chi connectivity index (χ2v) is 10.00. The first-order chi connectivity index (χ1) is 19.4. The number of amides is 1. The third-order valence-corrected chi connectivity index (χ3v) is 7.11. The number of anilines is 3. The molecule has 204 valence electrons. The molecule has 1 atom stereocenters. The van der Waals surface area contributed by atoms with E-state index in [-0.39, 0.29) is 17.9 Å². The maximum absolute atomic E-state index is 13.2. The van der Waals surface area contributed by atoms with Gasteiger partial charge in [0, 0.05) is 42.4 Å². The van der Waals surface area contributed by atoms with E-state index in [2.05, 4.69) is 35.8 Å². The summed E-state index contributed by atoms with van der Waals surface area (Å²) >= 11 is 0. The predicted octanol–water partition coefficient (Wildman–Crippen LogP) is 4.22. The van der Waals surface area contributed by atoms with Crippen molar-refractivity contribution < 1.29 is 9.18 Å². The van der Waals surface area contributed by atoms with Crippen LogP contribution in [0.4, 0.5) is 22.0 Å². The minimum absolute atomic E-state index is 0.0149. The number of aryl methyl sites for hydroxylation is 1. The first-order valence-electron chi connectivity index (χ1n) is 13.2. The number of aromatic nitrogens is 7. The van der Waals surface area contributed by atoms with Gasteiger partial charge in [-0.3, -0.25) is 9.89 Å². The lowest BCUT2D eigenvalue weighted by Gasteiger charge is -2.32.